The van der Waals surface area contributed by atoms with Crippen molar-refractivity contribution in [3.8, 4) is 10.7 Å². The Bertz CT molecular complexity index is 1820. The minimum absolute atomic E-state index is 0.0487. The molecule has 13 atom stereocenters. The molecular formula is C39H57FN6O10S. The summed E-state index contributed by atoms with van der Waals surface area (Å²) in [6.07, 6.45) is -2.16. The van der Waals surface area contributed by atoms with Gasteiger partial charge in [-0.05, 0) is 84.5 Å². The Morgan fingerprint density at radius 1 is 1.12 bits per heavy atom. The summed E-state index contributed by atoms with van der Waals surface area (Å²) in [6.45, 7) is 12.2. The Hall–Kier alpha value is -3.68. The summed E-state index contributed by atoms with van der Waals surface area (Å²) in [7, 11) is 5.31. The number of hydrogen-bond acceptors (Lipinski definition) is 15. The molecule has 0 spiro atoms. The molecule has 5 heterocycles. The van der Waals surface area contributed by atoms with Gasteiger partial charge in [-0.3, -0.25) is 9.59 Å². The van der Waals surface area contributed by atoms with E-state index in [9.17, 15) is 24.3 Å². The number of fused-ring (bicyclic) bond motifs is 1. The highest BCUT2D eigenvalue weighted by Gasteiger charge is 2.59. The summed E-state index contributed by atoms with van der Waals surface area (Å²) in [5, 5.41) is 26.5. The zero-order chi connectivity index (χ0) is 42.2. The number of likely N-dealkylation sites (N-methyl/N-ethyl adjacent to an activating group) is 1. The molecule has 3 aliphatic rings. The van der Waals surface area contributed by atoms with Crippen LogP contribution in [0.5, 0.6) is 0 Å². The van der Waals surface area contributed by atoms with Crippen LogP contribution in [-0.2, 0) is 45.1 Å². The molecule has 57 heavy (non-hydrogen) atoms. The van der Waals surface area contributed by atoms with Crippen LogP contribution in [0.25, 0.3) is 16.8 Å². The average Bonchev–Trinajstić information content (AvgIpc) is 3.88. The molecule has 0 unspecified atom stereocenters. The molecule has 0 saturated carbocycles. The van der Waals surface area contributed by atoms with Gasteiger partial charge in [0.25, 0.3) is 5.67 Å². The molecule has 1 amide bonds. The van der Waals surface area contributed by atoms with Crippen molar-refractivity contribution in [2.75, 3.05) is 20.7 Å². The highest BCUT2D eigenvalue weighted by atomic mass is 32.1. The van der Waals surface area contributed by atoms with Gasteiger partial charge >= 0.3 is 12.1 Å². The number of carbonyl (C=O) groups excluding carboxylic acids is 4. The van der Waals surface area contributed by atoms with Crippen LogP contribution in [0.15, 0.2) is 18.2 Å². The van der Waals surface area contributed by atoms with Crippen molar-refractivity contribution in [1.29, 1.82) is 0 Å². The first-order valence-corrected chi connectivity index (χ1v) is 20.2. The van der Waals surface area contributed by atoms with Crippen LogP contribution in [0, 0.1) is 17.8 Å². The third-order valence-electron chi connectivity index (χ3n) is 11.6. The van der Waals surface area contributed by atoms with Gasteiger partial charge in [0.2, 0.25) is 5.82 Å². The predicted octanol–water partition coefficient (Wildman–Crippen LogP) is 3.91. The van der Waals surface area contributed by atoms with Crippen LogP contribution in [0.1, 0.15) is 79.5 Å². The Labute approximate surface area is 336 Å². The Kier molecular flexibility index (Phi) is 13.5. The van der Waals surface area contributed by atoms with Gasteiger partial charge < -0.3 is 39.0 Å². The second kappa shape index (κ2) is 17.3. The first-order valence-electron chi connectivity index (χ1n) is 19.4. The first kappa shape index (κ1) is 44.4. The van der Waals surface area contributed by atoms with E-state index in [1.165, 1.54) is 30.0 Å². The predicted molar refractivity (Wildman–Crippen MR) is 206 cm³/mol. The number of esters is 1. The Morgan fingerprint density at radius 3 is 2.46 bits per heavy atom. The third kappa shape index (κ3) is 9.15. The number of rotatable bonds is 9. The quantitative estimate of drug-likeness (QED) is 0.273. The Balaban J connectivity index is 1.56. The monoisotopic (exact) mass is 820 g/mol. The van der Waals surface area contributed by atoms with Gasteiger partial charge in [0, 0.05) is 28.7 Å². The minimum Gasteiger partial charge on any atom is -0.455 e. The Morgan fingerprint density at radius 2 is 1.82 bits per heavy atom. The van der Waals surface area contributed by atoms with Crippen molar-refractivity contribution in [3.63, 3.8) is 0 Å². The van der Waals surface area contributed by atoms with E-state index in [4.69, 9.17) is 23.7 Å². The fourth-order valence-corrected chi connectivity index (χ4v) is 9.34. The number of aliphatic hydroxyl groups excluding tert-OH is 1. The highest BCUT2D eigenvalue weighted by molar-refractivity contribution is 7.16. The summed E-state index contributed by atoms with van der Waals surface area (Å²) in [5.74, 6) is -5.50. The molecule has 2 aromatic heterocycles. The molecule has 0 aliphatic carbocycles. The topological polar surface area (TPSA) is 194 Å². The van der Waals surface area contributed by atoms with Gasteiger partial charge in [-0.2, -0.15) is 4.80 Å². The van der Waals surface area contributed by atoms with Gasteiger partial charge in [0.05, 0.1) is 42.4 Å². The van der Waals surface area contributed by atoms with Crippen LogP contribution in [-0.4, -0.2) is 134 Å². The molecule has 3 saturated heterocycles. The second-order valence-corrected chi connectivity index (χ2v) is 17.5. The number of alkyl halides is 1. The standard InChI is InChI=1S/C39H57FN6O10S/c1-12-27-39(8)30(41-36(51)56-39)22(4)28(47)20(2)19-37(6,52-17-13-14-24-15-16-26(57-24)33-42-44-46(11)43-33)32(23(5)31(49)38(7,40)35(50)54-27)55-34-29(48)25(45(9)10)18-21(3)53-34/h13-16,20-23,25,27,29-30,32,34,48H,12,17-19H2,1-11H3,(H,41,51)/b14-13+/t20-,21-,22+,23+,25+,27-,29-,30-,32-,34+,37+,38-,39-/m1/s1. The molecule has 18 heteroatoms. The molecule has 3 fully saturated rings. The van der Waals surface area contributed by atoms with E-state index >= 15 is 4.39 Å². The van der Waals surface area contributed by atoms with Crippen molar-refractivity contribution in [2.45, 2.75) is 134 Å². The lowest BCUT2D eigenvalue weighted by Crippen LogP contribution is -2.61. The summed E-state index contributed by atoms with van der Waals surface area (Å²) in [4.78, 5) is 60.1. The van der Waals surface area contributed by atoms with E-state index in [-0.39, 0.29) is 31.3 Å². The molecule has 2 N–H and O–H groups in total. The summed E-state index contributed by atoms with van der Waals surface area (Å²) >= 11 is 1.43. The number of aromatic nitrogens is 4. The maximum Gasteiger partial charge on any atom is 0.408 e. The molecule has 316 valence electrons. The summed E-state index contributed by atoms with van der Waals surface area (Å²) in [6, 6.07) is 2.40. The van der Waals surface area contributed by atoms with E-state index < -0.39 is 89.2 Å². The highest BCUT2D eigenvalue weighted by Crippen LogP contribution is 2.41. The number of hydrogen-bond donors (Lipinski definition) is 2. The summed E-state index contributed by atoms with van der Waals surface area (Å²) < 4.78 is 47.6. The van der Waals surface area contributed by atoms with Gasteiger partial charge in [0.1, 0.15) is 18.0 Å². The number of carbonyl (C=O) groups is 4. The van der Waals surface area contributed by atoms with Gasteiger partial charge in [-0.15, -0.1) is 21.5 Å². The van der Waals surface area contributed by atoms with Crippen molar-refractivity contribution in [1.82, 2.24) is 30.4 Å². The van der Waals surface area contributed by atoms with E-state index in [1.807, 2.05) is 44.1 Å². The van der Waals surface area contributed by atoms with E-state index in [1.54, 1.807) is 40.8 Å². The molecular weight excluding hydrogens is 764 g/mol. The molecule has 0 bridgehead atoms. The molecule has 5 rings (SSSR count). The second-order valence-electron chi connectivity index (χ2n) is 16.4. The molecule has 16 nitrogen and oxygen atoms in total. The SMILES string of the molecule is CC[C@H]1OC(=O)[C@](C)(F)C(=O)[C@H](C)[C@@H](O[C@@H]2O[C@H](C)C[C@H](N(C)C)[C@H]2O)[C@@](C)(OC/C=C/c2ccc(-c3nnn(C)n3)s2)C[C@@H](C)C(=O)[C@H](C)[C@H]2NC(=O)O[C@@]21C. The average molecular weight is 821 g/mol. The number of aliphatic hydroxyl groups is 1. The van der Waals surface area contributed by atoms with Crippen LogP contribution in [0.3, 0.4) is 0 Å². The number of ketones is 2. The molecule has 0 aromatic carbocycles. The first-order chi connectivity index (χ1) is 26.6. The fraction of sp³-hybridized carbons (Fsp3) is 0.718. The zero-order valence-corrected chi connectivity index (χ0v) is 35.4. The lowest BCUT2D eigenvalue weighted by Gasteiger charge is -2.47. The van der Waals surface area contributed by atoms with Crippen LogP contribution < -0.4 is 5.32 Å². The van der Waals surface area contributed by atoms with Crippen LogP contribution in [0.4, 0.5) is 9.18 Å². The lowest BCUT2D eigenvalue weighted by atomic mass is 9.73. The van der Waals surface area contributed by atoms with Crippen molar-refractivity contribution in [2.24, 2.45) is 24.8 Å². The number of nitrogens with zero attached hydrogens (tertiary/aromatic N) is 5. The molecule has 0 radical (unpaired) electrons. The zero-order valence-electron chi connectivity index (χ0n) is 34.6. The normalized spacial score (nSPS) is 38.5. The number of alkyl carbamates (subject to hydrolysis) is 1. The number of tetrazole rings is 1. The van der Waals surface area contributed by atoms with E-state index in [0.29, 0.717) is 12.2 Å². The van der Waals surface area contributed by atoms with E-state index in [0.717, 1.165) is 16.7 Å². The van der Waals surface area contributed by atoms with Gasteiger partial charge in [0.15, 0.2) is 17.7 Å². The van der Waals surface area contributed by atoms with Gasteiger partial charge in [-0.1, -0.05) is 33.8 Å². The third-order valence-corrected chi connectivity index (χ3v) is 12.7. The van der Waals surface area contributed by atoms with Crippen molar-refractivity contribution in [3.05, 3.63) is 23.1 Å². The number of thiophene rings is 1. The van der Waals surface area contributed by atoms with E-state index in [2.05, 4.69) is 20.7 Å². The number of Topliss-reactive ketones (excluding diaryl/α,β-unsaturated/α-hetero) is 2. The number of amides is 1. The smallest absolute Gasteiger partial charge is 0.408 e. The number of cyclic esters (lactones) is 1. The van der Waals surface area contributed by atoms with Gasteiger partial charge in [-0.25, -0.2) is 14.0 Å². The molecule has 3 aliphatic heterocycles. The fourth-order valence-electron chi connectivity index (χ4n) is 8.48. The summed E-state index contributed by atoms with van der Waals surface area (Å²) in [5.41, 5.74) is -6.32. The number of halogens is 1. The number of aryl methyl sites for hydroxylation is 1. The lowest BCUT2D eigenvalue weighted by molar-refractivity contribution is -0.297. The molecule has 2 aromatic rings. The van der Waals surface area contributed by atoms with Crippen LogP contribution >= 0.6 is 11.3 Å². The van der Waals surface area contributed by atoms with Crippen LogP contribution in [0.2, 0.25) is 0 Å². The largest absolute Gasteiger partial charge is 0.455 e. The van der Waals surface area contributed by atoms with Crippen molar-refractivity contribution >= 4 is 41.0 Å². The maximum atomic E-state index is 16.9. The van der Waals surface area contributed by atoms with Crippen molar-refractivity contribution < 1.29 is 52.4 Å². The minimum atomic E-state index is -3.20. The maximum absolute atomic E-state index is 16.9. The number of ether oxygens (including phenoxy) is 5. The number of nitrogens with one attached hydrogen (secondary N) is 1.